The van der Waals surface area contributed by atoms with E-state index in [9.17, 15) is 8.78 Å². The lowest BCUT2D eigenvalue weighted by Gasteiger charge is -2.21. The molecule has 0 aliphatic heterocycles. The molecule has 0 saturated carbocycles. The minimum atomic E-state index is -2.14. The zero-order valence-electron chi connectivity index (χ0n) is 8.84. The van der Waals surface area contributed by atoms with Gasteiger partial charge >= 0.3 is 0 Å². The number of allylic oxidation sites excluding steroid dienone is 4. The third-order valence-corrected chi connectivity index (χ3v) is 3.32. The fraction of sp³-hybridized carbons (Fsp3) is 0.231. The van der Waals surface area contributed by atoms with E-state index >= 15 is 0 Å². The first-order valence-corrected chi connectivity index (χ1v) is 5.96. The van der Waals surface area contributed by atoms with Crippen molar-refractivity contribution in [1.82, 2.24) is 0 Å². The Balaban J connectivity index is 2.28. The van der Waals surface area contributed by atoms with Gasteiger partial charge in [0.15, 0.2) is 0 Å². The summed E-state index contributed by atoms with van der Waals surface area (Å²) in [7, 11) is 0. The maximum atomic E-state index is 13.7. The number of alkyl halides is 3. The molecule has 90 valence electrons. The average Bonchev–Trinajstić information content (AvgIpc) is 2.28. The predicted molar refractivity (Wildman–Crippen MR) is 66.6 cm³/mol. The van der Waals surface area contributed by atoms with Gasteiger partial charge in [-0.15, -0.1) is 11.6 Å². The van der Waals surface area contributed by atoms with Crippen molar-refractivity contribution < 1.29 is 8.78 Å². The number of rotatable bonds is 2. The lowest BCUT2D eigenvalue weighted by atomic mass is 9.97. The van der Waals surface area contributed by atoms with E-state index in [0.717, 1.165) is 11.6 Å². The maximum absolute atomic E-state index is 13.7. The minimum absolute atomic E-state index is 0.270. The zero-order chi connectivity index (χ0) is 12.5. The van der Waals surface area contributed by atoms with Crippen molar-refractivity contribution >= 4 is 23.2 Å². The van der Waals surface area contributed by atoms with Crippen LogP contribution >= 0.6 is 23.2 Å². The van der Waals surface area contributed by atoms with Gasteiger partial charge in [-0.05, 0) is 11.6 Å². The van der Waals surface area contributed by atoms with Gasteiger partial charge in [-0.25, -0.2) is 8.78 Å². The zero-order valence-corrected chi connectivity index (χ0v) is 10.3. The Hall–Kier alpha value is -0.860. The van der Waals surface area contributed by atoms with E-state index in [1.165, 1.54) is 6.08 Å². The predicted octanol–water partition coefficient (Wildman–Crippen LogP) is 5.05. The molecule has 2 unspecified atom stereocenters. The van der Waals surface area contributed by atoms with Crippen LogP contribution in [0.4, 0.5) is 8.78 Å². The lowest BCUT2D eigenvalue weighted by Crippen LogP contribution is -2.15. The SMILES string of the molecule is FC1=C(C(Cl)c2ccccc2)C=CC(F)(Cl)C1. The molecule has 1 aliphatic carbocycles. The third-order valence-electron chi connectivity index (χ3n) is 2.58. The molecule has 0 heterocycles. The second kappa shape index (κ2) is 4.79. The highest BCUT2D eigenvalue weighted by Gasteiger charge is 2.31. The van der Waals surface area contributed by atoms with Crippen LogP contribution in [-0.2, 0) is 0 Å². The summed E-state index contributed by atoms with van der Waals surface area (Å²) < 4.78 is 27.0. The molecule has 1 aromatic carbocycles. The van der Waals surface area contributed by atoms with Crippen LogP contribution in [0.15, 0.2) is 53.9 Å². The van der Waals surface area contributed by atoms with Gasteiger partial charge in [-0.2, -0.15) is 0 Å². The highest BCUT2D eigenvalue weighted by atomic mass is 35.5. The molecule has 0 saturated heterocycles. The fourth-order valence-electron chi connectivity index (χ4n) is 1.69. The van der Waals surface area contributed by atoms with Crippen LogP contribution in [0.25, 0.3) is 0 Å². The maximum Gasteiger partial charge on any atom is 0.208 e. The Morgan fingerprint density at radius 1 is 1.24 bits per heavy atom. The smallest absolute Gasteiger partial charge is 0.208 e. The average molecular weight is 275 g/mol. The Morgan fingerprint density at radius 3 is 2.47 bits per heavy atom. The molecule has 2 rings (SSSR count). The Bertz CT molecular complexity index is 464. The van der Waals surface area contributed by atoms with E-state index in [0.29, 0.717) is 0 Å². The minimum Gasteiger partial charge on any atom is -0.221 e. The van der Waals surface area contributed by atoms with E-state index in [1.54, 1.807) is 12.1 Å². The van der Waals surface area contributed by atoms with E-state index < -0.39 is 22.8 Å². The summed E-state index contributed by atoms with van der Waals surface area (Å²) in [6.45, 7) is 0. The molecular formula is C13H10Cl2F2. The highest BCUT2D eigenvalue weighted by molar-refractivity contribution is 6.25. The number of hydrogen-bond donors (Lipinski definition) is 0. The van der Waals surface area contributed by atoms with Gasteiger partial charge in [-0.1, -0.05) is 48.0 Å². The molecule has 0 amide bonds. The molecule has 4 heteroatoms. The molecule has 0 bridgehead atoms. The molecule has 1 aliphatic rings. The van der Waals surface area contributed by atoms with Crippen LogP contribution in [0.3, 0.4) is 0 Å². The molecule has 0 fully saturated rings. The summed E-state index contributed by atoms with van der Waals surface area (Å²) in [6.07, 6.45) is 1.97. The van der Waals surface area contributed by atoms with Crippen LogP contribution in [-0.4, -0.2) is 5.13 Å². The Kier molecular flexibility index (Phi) is 3.55. The summed E-state index contributed by atoms with van der Waals surface area (Å²) in [4.78, 5) is 0. The summed E-state index contributed by atoms with van der Waals surface area (Å²) in [5.41, 5.74) is 1.04. The van der Waals surface area contributed by atoms with Crippen LogP contribution in [0.5, 0.6) is 0 Å². The van der Waals surface area contributed by atoms with Gasteiger partial charge in [0.2, 0.25) is 5.13 Å². The van der Waals surface area contributed by atoms with Gasteiger partial charge in [0, 0.05) is 5.57 Å². The van der Waals surface area contributed by atoms with Gasteiger partial charge in [-0.3, -0.25) is 0 Å². The van der Waals surface area contributed by atoms with E-state index in [-0.39, 0.29) is 5.57 Å². The topological polar surface area (TPSA) is 0 Å². The van der Waals surface area contributed by atoms with Crippen molar-refractivity contribution in [3.63, 3.8) is 0 Å². The van der Waals surface area contributed by atoms with Crippen molar-refractivity contribution in [3.05, 3.63) is 59.4 Å². The van der Waals surface area contributed by atoms with E-state index in [1.807, 2.05) is 18.2 Å². The Morgan fingerprint density at radius 2 is 1.88 bits per heavy atom. The first kappa shape index (κ1) is 12.6. The third kappa shape index (κ3) is 2.88. The van der Waals surface area contributed by atoms with Gasteiger partial charge in [0.1, 0.15) is 5.83 Å². The summed E-state index contributed by atoms with van der Waals surface area (Å²) in [5.74, 6) is -0.603. The van der Waals surface area contributed by atoms with E-state index in [2.05, 4.69) is 0 Å². The summed E-state index contributed by atoms with van der Waals surface area (Å²) in [5, 5.41) is -2.76. The van der Waals surface area contributed by atoms with Crippen molar-refractivity contribution in [3.8, 4) is 0 Å². The molecular weight excluding hydrogens is 265 g/mol. The van der Waals surface area contributed by atoms with E-state index in [4.69, 9.17) is 23.2 Å². The summed E-state index contributed by atoms with van der Waals surface area (Å²) in [6, 6.07) is 9.07. The first-order chi connectivity index (χ1) is 7.99. The van der Waals surface area contributed by atoms with Crippen LogP contribution in [0.1, 0.15) is 17.4 Å². The van der Waals surface area contributed by atoms with Crippen molar-refractivity contribution in [2.75, 3.05) is 0 Å². The molecule has 2 atom stereocenters. The Labute approximate surface area is 109 Å². The van der Waals surface area contributed by atoms with Gasteiger partial charge in [0.05, 0.1) is 11.8 Å². The standard InChI is InChI=1S/C13H10Cl2F2/c14-12(9-4-2-1-3-5-9)10-6-7-13(15,17)8-11(10)16/h1-7,12H,8H2. The van der Waals surface area contributed by atoms with Crippen LogP contribution < -0.4 is 0 Å². The molecule has 0 aromatic heterocycles. The normalized spacial score (nSPS) is 26.1. The largest absolute Gasteiger partial charge is 0.221 e. The van der Waals surface area contributed by atoms with Crippen molar-refractivity contribution in [2.45, 2.75) is 16.9 Å². The summed E-state index contributed by atoms with van der Waals surface area (Å²) >= 11 is 11.6. The number of benzene rings is 1. The second-order valence-corrected chi connectivity index (χ2v) is 4.97. The lowest BCUT2D eigenvalue weighted by molar-refractivity contribution is 0.317. The van der Waals surface area contributed by atoms with Crippen LogP contribution in [0.2, 0.25) is 0 Å². The molecule has 17 heavy (non-hydrogen) atoms. The van der Waals surface area contributed by atoms with Crippen molar-refractivity contribution in [2.24, 2.45) is 0 Å². The molecule has 0 nitrogen and oxygen atoms in total. The van der Waals surface area contributed by atoms with Crippen molar-refractivity contribution in [1.29, 1.82) is 0 Å². The quantitative estimate of drug-likeness (QED) is 0.662. The first-order valence-electron chi connectivity index (χ1n) is 5.14. The van der Waals surface area contributed by atoms with Gasteiger partial charge in [0.25, 0.3) is 0 Å². The molecule has 1 aromatic rings. The molecule has 0 N–H and O–H groups in total. The molecule has 0 spiro atoms. The van der Waals surface area contributed by atoms with Gasteiger partial charge < -0.3 is 0 Å². The fourth-order valence-corrected chi connectivity index (χ4v) is 2.21. The number of halogens is 4. The number of hydrogen-bond acceptors (Lipinski definition) is 0. The second-order valence-electron chi connectivity index (χ2n) is 3.90. The monoisotopic (exact) mass is 274 g/mol. The van der Waals surface area contributed by atoms with Crippen LogP contribution in [0, 0.1) is 0 Å². The highest BCUT2D eigenvalue weighted by Crippen LogP contribution is 2.40. The molecule has 0 radical (unpaired) electrons.